The number of cyclic esters (lactones) is 1. The minimum Gasteiger partial charge on any atom is -0.464 e. The van der Waals surface area contributed by atoms with Gasteiger partial charge in [0.05, 0.1) is 6.61 Å². The number of carbonyl (C=O) groups is 2. The molecule has 4 heteroatoms. The van der Waals surface area contributed by atoms with Crippen LogP contribution in [0.5, 0.6) is 0 Å². The number of hydrogen-bond acceptors (Lipinski definition) is 3. The smallest absolute Gasteiger partial charge is 0.328 e. The van der Waals surface area contributed by atoms with Crippen molar-refractivity contribution in [3.05, 3.63) is 12.2 Å². The third-order valence-electron chi connectivity index (χ3n) is 4.28. The van der Waals surface area contributed by atoms with Crippen LogP contribution in [-0.4, -0.2) is 36.0 Å². The van der Waals surface area contributed by atoms with E-state index in [1.807, 2.05) is 0 Å². The summed E-state index contributed by atoms with van der Waals surface area (Å²) in [6.07, 6.45) is 14.0. The Balaban J connectivity index is 1.91. The van der Waals surface area contributed by atoms with E-state index in [9.17, 15) is 9.59 Å². The number of esters is 1. The Kier molecular flexibility index (Phi) is 6.77. The Labute approximate surface area is 127 Å². The fourth-order valence-electron chi connectivity index (χ4n) is 3.05. The van der Waals surface area contributed by atoms with Gasteiger partial charge in [-0.25, -0.2) is 4.79 Å². The Morgan fingerprint density at radius 2 is 1.71 bits per heavy atom. The third kappa shape index (κ3) is 5.18. The first-order valence-corrected chi connectivity index (χ1v) is 8.40. The zero-order valence-corrected chi connectivity index (χ0v) is 12.9. The summed E-state index contributed by atoms with van der Waals surface area (Å²) in [5.74, 6) is -0.0848. The Morgan fingerprint density at radius 3 is 2.57 bits per heavy atom. The van der Waals surface area contributed by atoms with E-state index in [-0.39, 0.29) is 17.9 Å². The number of fused-ring (bicyclic) bond motifs is 1. The van der Waals surface area contributed by atoms with E-state index >= 15 is 0 Å². The third-order valence-corrected chi connectivity index (χ3v) is 4.28. The molecule has 21 heavy (non-hydrogen) atoms. The van der Waals surface area contributed by atoms with Gasteiger partial charge in [-0.2, -0.15) is 0 Å². The minimum absolute atomic E-state index is 0.126. The molecule has 0 aromatic carbocycles. The van der Waals surface area contributed by atoms with E-state index < -0.39 is 0 Å². The zero-order valence-electron chi connectivity index (χ0n) is 12.9. The van der Waals surface area contributed by atoms with Gasteiger partial charge in [-0.15, -0.1) is 0 Å². The molecule has 2 rings (SSSR count). The highest BCUT2D eigenvalue weighted by molar-refractivity contribution is 5.85. The van der Waals surface area contributed by atoms with Crippen molar-refractivity contribution in [1.82, 2.24) is 4.90 Å². The molecule has 0 spiro atoms. The van der Waals surface area contributed by atoms with E-state index in [2.05, 4.69) is 12.2 Å². The molecule has 0 bridgehead atoms. The summed E-state index contributed by atoms with van der Waals surface area (Å²) in [6, 6.07) is -0.332. The first-order chi connectivity index (χ1) is 10.3. The number of nitrogens with zero attached hydrogens (tertiary/aromatic N) is 1. The van der Waals surface area contributed by atoms with E-state index in [0.29, 0.717) is 19.6 Å². The van der Waals surface area contributed by atoms with Gasteiger partial charge in [-0.1, -0.05) is 25.0 Å². The lowest BCUT2D eigenvalue weighted by atomic mass is 10.1. The summed E-state index contributed by atoms with van der Waals surface area (Å²) in [6.45, 7) is 1.17. The van der Waals surface area contributed by atoms with Crippen LogP contribution in [0.4, 0.5) is 0 Å². The molecule has 2 heterocycles. The Hall–Kier alpha value is -1.32. The lowest BCUT2D eigenvalue weighted by molar-refractivity contribution is -0.153. The normalized spacial score (nSPS) is 26.5. The highest BCUT2D eigenvalue weighted by atomic mass is 16.5. The van der Waals surface area contributed by atoms with Gasteiger partial charge in [0.15, 0.2) is 0 Å². The molecule has 1 saturated heterocycles. The highest BCUT2D eigenvalue weighted by Crippen LogP contribution is 2.21. The summed E-state index contributed by atoms with van der Waals surface area (Å²) >= 11 is 0. The lowest BCUT2D eigenvalue weighted by Gasteiger charge is -2.23. The van der Waals surface area contributed by atoms with Crippen molar-refractivity contribution in [3.63, 3.8) is 0 Å². The van der Waals surface area contributed by atoms with Crippen LogP contribution in [0.1, 0.15) is 64.2 Å². The van der Waals surface area contributed by atoms with Crippen molar-refractivity contribution in [2.45, 2.75) is 70.3 Å². The van der Waals surface area contributed by atoms with Crippen LogP contribution in [0.2, 0.25) is 0 Å². The van der Waals surface area contributed by atoms with Crippen LogP contribution < -0.4 is 0 Å². The van der Waals surface area contributed by atoms with Crippen LogP contribution in [0.25, 0.3) is 0 Å². The molecule has 0 aliphatic carbocycles. The molecule has 0 aromatic rings. The van der Waals surface area contributed by atoms with Crippen molar-refractivity contribution >= 4 is 11.9 Å². The number of hydrogen-bond donors (Lipinski definition) is 0. The maximum absolute atomic E-state index is 12.2. The first-order valence-electron chi connectivity index (χ1n) is 8.40. The standard InChI is InChI=1S/C17H27NO3/c19-16-12-8-6-4-2-1-3-5-7-9-14-21-17(20)15-11-10-13-18(15)16/h3,5,15H,1-2,4,6-14H2/t15-/m0/s1. The van der Waals surface area contributed by atoms with Crippen LogP contribution in [0, 0.1) is 0 Å². The molecular weight excluding hydrogens is 266 g/mol. The van der Waals surface area contributed by atoms with Gasteiger partial charge in [0.25, 0.3) is 0 Å². The van der Waals surface area contributed by atoms with E-state index in [4.69, 9.17) is 4.74 Å². The SMILES string of the molecule is O=C1OCCCC=CCCCCCCC(=O)N2CCC[C@@H]12. The average Bonchev–Trinajstić information content (AvgIpc) is 2.96. The number of amides is 1. The molecule has 0 radical (unpaired) electrons. The monoisotopic (exact) mass is 293 g/mol. The van der Waals surface area contributed by atoms with Crippen LogP contribution in [-0.2, 0) is 14.3 Å². The second-order valence-corrected chi connectivity index (χ2v) is 5.98. The van der Waals surface area contributed by atoms with Crippen molar-refractivity contribution in [3.8, 4) is 0 Å². The van der Waals surface area contributed by atoms with Crippen LogP contribution in [0.15, 0.2) is 12.2 Å². The molecule has 1 atom stereocenters. The second-order valence-electron chi connectivity index (χ2n) is 5.98. The quantitative estimate of drug-likeness (QED) is 0.509. The van der Waals surface area contributed by atoms with Crippen LogP contribution >= 0.6 is 0 Å². The summed E-state index contributed by atoms with van der Waals surface area (Å²) in [4.78, 5) is 26.1. The molecule has 1 fully saturated rings. The van der Waals surface area contributed by atoms with Crippen molar-refractivity contribution in [2.24, 2.45) is 0 Å². The van der Waals surface area contributed by atoms with Crippen molar-refractivity contribution < 1.29 is 14.3 Å². The highest BCUT2D eigenvalue weighted by Gasteiger charge is 2.34. The molecule has 0 unspecified atom stereocenters. The zero-order chi connectivity index (χ0) is 14.9. The fraction of sp³-hybridized carbons (Fsp3) is 0.765. The molecule has 0 saturated carbocycles. The molecule has 0 aromatic heterocycles. The minimum atomic E-state index is -0.332. The van der Waals surface area contributed by atoms with E-state index in [0.717, 1.165) is 44.9 Å². The predicted octanol–water partition coefficient (Wildman–Crippen LogP) is 3.21. The van der Waals surface area contributed by atoms with Crippen molar-refractivity contribution in [2.75, 3.05) is 13.2 Å². The molecule has 2 aliphatic heterocycles. The van der Waals surface area contributed by atoms with Gasteiger partial charge in [0.2, 0.25) is 5.91 Å². The van der Waals surface area contributed by atoms with Gasteiger partial charge >= 0.3 is 5.97 Å². The molecule has 4 nitrogen and oxygen atoms in total. The van der Waals surface area contributed by atoms with E-state index in [1.54, 1.807) is 4.90 Å². The number of ether oxygens (including phenoxy) is 1. The average molecular weight is 293 g/mol. The van der Waals surface area contributed by atoms with Gasteiger partial charge in [-0.05, 0) is 44.9 Å². The Morgan fingerprint density at radius 1 is 0.952 bits per heavy atom. The topological polar surface area (TPSA) is 46.6 Å². The van der Waals surface area contributed by atoms with Gasteiger partial charge in [-0.3, -0.25) is 4.79 Å². The number of carbonyl (C=O) groups excluding carboxylic acids is 2. The summed E-state index contributed by atoms with van der Waals surface area (Å²) < 4.78 is 5.34. The molecule has 1 amide bonds. The number of rotatable bonds is 0. The first kappa shape index (κ1) is 16.1. The number of allylic oxidation sites excluding steroid dienone is 2. The predicted molar refractivity (Wildman–Crippen MR) is 81.8 cm³/mol. The van der Waals surface area contributed by atoms with E-state index in [1.165, 1.54) is 12.8 Å². The van der Waals surface area contributed by atoms with Gasteiger partial charge in [0, 0.05) is 13.0 Å². The maximum Gasteiger partial charge on any atom is 0.328 e. The maximum atomic E-state index is 12.2. The molecule has 0 N–H and O–H groups in total. The summed E-state index contributed by atoms with van der Waals surface area (Å²) in [5, 5.41) is 0. The van der Waals surface area contributed by atoms with Crippen LogP contribution in [0.3, 0.4) is 0 Å². The molecule has 2 aliphatic rings. The fourth-order valence-corrected chi connectivity index (χ4v) is 3.05. The lowest BCUT2D eigenvalue weighted by Crippen LogP contribution is -2.41. The van der Waals surface area contributed by atoms with Crippen molar-refractivity contribution in [1.29, 1.82) is 0 Å². The van der Waals surface area contributed by atoms with Gasteiger partial charge in [0.1, 0.15) is 6.04 Å². The second kappa shape index (κ2) is 8.85. The largest absolute Gasteiger partial charge is 0.464 e. The van der Waals surface area contributed by atoms with Gasteiger partial charge < -0.3 is 9.64 Å². The summed E-state index contributed by atoms with van der Waals surface area (Å²) in [5.41, 5.74) is 0. The Bertz CT molecular complexity index is 378. The molecular formula is C17H27NO3. The molecule has 118 valence electrons. The summed E-state index contributed by atoms with van der Waals surface area (Å²) in [7, 11) is 0.